The van der Waals surface area contributed by atoms with Gasteiger partial charge in [0, 0.05) is 5.02 Å². The van der Waals surface area contributed by atoms with Crippen LogP contribution in [0.1, 0.15) is 28.8 Å². The van der Waals surface area contributed by atoms with Crippen molar-refractivity contribution < 1.29 is 9.18 Å². The van der Waals surface area contributed by atoms with Crippen LogP contribution in [-0.2, 0) is 5.54 Å². The Hall–Kier alpha value is -1.87. The fraction of sp³-hybridized carbons (Fsp3) is 0.188. The zero-order chi connectivity index (χ0) is 14.2. The van der Waals surface area contributed by atoms with Crippen LogP contribution in [-0.4, -0.2) is 5.91 Å². The molecule has 2 aromatic carbocycles. The van der Waals surface area contributed by atoms with Crippen LogP contribution in [0.5, 0.6) is 0 Å². The third kappa shape index (κ3) is 2.41. The van der Waals surface area contributed by atoms with E-state index in [1.54, 1.807) is 18.2 Å². The Bertz CT molecular complexity index is 667. The van der Waals surface area contributed by atoms with E-state index in [1.165, 1.54) is 12.1 Å². The van der Waals surface area contributed by atoms with Crippen LogP contribution in [0.15, 0.2) is 48.5 Å². The molecule has 1 amide bonds. The van der Waals surface area contributed by atoms with E-state index in [4.69, 9.17) is 11.6 Å². The first-order valence-corrected chi connectivity index (χ1v) is 6.82. The summed E-state index contributed by atoms with van der Waals surface area (Å²) in [5, 5.41) is 3.56. The largest absolute Gasteiger partial charge is 0.342 e. The van der Waals surface area contributed by atoms with Crippen molar-refractivity contribution >= 4 is 17.5 Å². The Morgan fingerprint density at radius 3 is 2.55 bits per heavy atom. The zero-order valence-electron chi connectivity index (χ0n) is 10.7. The van der Waals surface area contributed by atoms with E-state index in [9.17, 15) is 9.18 Å². The summed E-state index contributed by atoms with van der Waals surface area (Å²) in [4.78, 5) is 12.2. The second-order valence-corrected chi connectivity index (χ2v) is 5.46. The highest BCUT2D eigenvalue weighted by Gasteiger charge is 2.46. The van der Waals surface area contributed by atoms with Gasteiger partial charge in [-0.2, -0.15) is 0 Å². The Morgan fingerprint density at radius 2 is 1.90 bits per heavy atom. The average molecular weight is 290 g/mol. The highest BCUT2D eigenvalue weighted by Crippen LogP contribution is 2.46. The van der Waals surface area contributed by atoms with Gasteiger partial charge in [-0.05, 0) is 42.7 Å². The van der Waals surface area contributed by atoms with Crippen molar-refractivity contribution in [1.82, 2.24) is 5.32 Å². The molecule has 0 aromatic heterocycles. The molecule has 1 aliphatic carbocycles. The van der Waals surface area contributed by atoms with E-state index in [0.29, 0.717) is 5.02 Å². The highest BCUT2D eigenvalue weighted by atomic mass is 35.5. The first-order chi connectivity index (χ1) is 9.61. The van der Waals surface area contributed by atoms with E-state index >= 15 is 0 Å². The van der Waals surface area contributed by atoms with Gasteiger partial charge in [0.05, 0.1) is 11.1 Å². The van der Waals surface area contributed by atoms with E-state index in [1.807, 2.05) is 18.2 Å². The van der Waals surface area contributed by atoms with Crippen molar-refractivity contribution in [3.63, 3.8) is 0 Å². The van der Waals surface area contributed by atoms with Crippen LogP contribution in [0.25, 0.3) is 0 Å². The minimum Gasteiger partial charge on any atom is -0.342 e. The number of amides is 1. The lowest BCUT2D eigenvalue weighted by Gasteiger charge is -2.18. The van der Waals surface area contributed by atoms with Crippen molar-refractivity contribution in [2.75, 3.05) is 0 Å². The molecule has 20 heavy (non-hydrogen) atoms. The van der Waals surface area contributed by atoms with Gasteiger partial charge in [0.25, 0.3) is 5.91 Å². The van der Waals surface area contributed by atoms with Gasteiger partial charge in [0.1, 0.15) is 5.82 Å². The van der Waals surface area contributed by atoms with Crippen LogP contribution in [0, 0.1) is 5.82 Å². The number of nitrogens with one attached hydrogen (secondary N) is 1. The van der Waals surface area contributed by atoms with Crippen LogP contribution in [0.4, 0.5) is 4.39 Å². The molecule has 0 aliphatic heterocycles. The van der Waals surface area contributed by atoms with Crippen LogP contribution >= 0.6 is 11.6 Å². The molecule has 0 heterocycles. The molecule has 1 N–H and O–H groups in total. The minimum absolute atomic E-state index is 0.0702. The average Bonchev–Trinajstić information content (AvgIpc) is 3.20. The second kappa shape index (κ2) is 4.91. The number of rotatable bonds is 3. The Balaban J connectivity index is 1.84. The molecule has 3 rings (SSSR count). The number of hydrogen-bond donors (Lipinski definition) is 1. The molecule has 1 aliphatic rings. The summed E-state index contributed by atoms with van der Waals surface area (Å²) < 4.78 is 13.6. The predicted octanol–water partition coefficient (Wildman–Crippen LogP) is 3.90. The van der Waals surface area contributed by atoms with E-state index in [0.717, 1.165) is 18.4 Å². The number of carbonyl (C=O) groups excluding carboxylic acids is 1. The van der Waals surface area contributed by atoms with Crippen molar-refractivity contribution in [2.45, 2.75) is 18.4 Å². The number of halogens is 2. The van der Waals surface area contributed by atoms with Gasteiger partial charge in [-0.25, -0.2) is 4.39 Å². The monoisotopic (exact) mass is 289 g/mol. The van der Waals surface area contributed by atoms with Gasteiger partial charge >= 0.3 is 0 Å². The van der Waals surface area contributed by atoms with Gasteiger partial charge in [-0.1, -0.05) is 35.9 Å². The van der Waals surface area contributed by atoms with Crippen LogP contribution < -0.4 is 5.32 Å². The maximum atomic E-state index is 13.6. The quantitative estimate of drug-likeness (QED) is 0.912. The smallest absolute Gasteiger partial charge is 0.254 e. The highest BCUT2D eigenvalue weighted by molar-refractivity contribution is 6.30. The van der Waals surface area contributed by atoms with E-state index < -0.39 is 11.4 Å². The van der Waals surface area contributed by atoms with Gasteiger partial charge < -0.3 is 5.32 Å². The zero-order valence-corrected chi connectivity index (χ0v) is 11.5. The Kier molecular flexibility index (Phi) is 3.22. The maximum Gasteiger partial charge on any atom is 0.254 e. The summed E-state index contributed by atoms with van der Waals surface area (Å²) in [6.45, 7) is 0. The van der Waals surface area contributed by atoms with Crippen LogP contribution in [0.2, 0.25) is 5.02 Å². The summed E-state index contributed by atoms with van der Waals surface area (Å²) in [5.41, 5.74) is 0.639. The first-order valence-electron chi connectivity index (χ1n) is 6.44. The molecule has 2 nitrogen and oxygen atoms in total. The van der Waals surface area contributed by atoms with Crippen molar-refractivity contribution in [3.8, 4) is 0 Å². The molecule has 4 heteroatoms. The number of benzene rings is 2. The van der Waals surface area contributed by atoms with Crippen molar-refractivity contribution in [2.24, 2.45) is 0 Å². The van der Waals surface area contributed by atoms with Gasteiger partial charge in [0.15, 0.2) is 0 Å². The molecule has 1 saturated carbocycles. The predicted molar refractivity (Wildman–Crippen MR) is 76.2 cm³/mol. The normalized spacial score (nSPS) is 15.7. The molecule has 0 radical (unpaired) electrons. The van der Waals surface area contributed by atoms with Gasteiger partial charge in [-0.15, -0.1) is 0 Å². The molecule has 1 fully saturated rings. The first kappa shape index (κ1) is 13.1. The third-order valence-electron chi connectivity index (χ3n) is 3.60. The molecule has 0 unspecified atom stereocenters. The molecular formula is C16H13ClFNO. The fourth-order valence-electron chi connectivity index (χ4n) is 2.33. The maximum absolute atomic E-state index is 13.6. The molecular weight excluding hydrogens is 277 g/mol. The molecule has 0 bridgehead atoms. The van der Waals surface area contributed by atoms with Crippen LogP contribution in [0.3, 0.4) is 0 Å². The molecule has 0 atom stereocenters. The SMILES string of the molecule is O=C(NC1(c2cccc(Cl)c2)CC1)c1ccccc1F. The van der Waals surface area contributed by atoms with Crippen molar-refractivity contribution in [3.05, 3.63) is 70.5 Å². The summed E-state index contributed by atoms with van der Waals surface area (Å²) in [7, 11) is 0. The fourth-order valence-corrected chi connectivity index (χ4v) is 2.52. The lowest BCUT2D eigenvalue weighted by Crippen LogP contribution is -2.35. The Morgan fingerprint density at radius 1 is 1.15 bits per heavy atom. The van der Waals surface area contributed by atoms with E-state index in [2.05, 4.69) is 5.32 Å². The second-order valence-electron chi connectivity index (χ2n) is 5.03. The summed E-state index contributed by atoms with van der Waals surface area (Å²) in [6.07, 6.45) is 1.68. The summed E-state index contributed by atoms with van der Waals surface area (Å²) in [5.74, 6) is -0.896. The van der Waals surface area contributed by atoms with Gasteiger partial charge in [-0.3, -0.25) is 4.79 Å². The molecule has 102 valence electrons. The lowest BCUT2D eigenvalue weighted by molar-refractivity contribution is 0.0926. The topological polar surface area (TPSA) is 29.1 Å². The Labute approximate surface area is 121 Å². The molecule has 2 aromatic rings. The number of hydrogen-bond acceptors (Lipinski definition) is 1. The number of carbonyl (C=O) groups is 1. The summed E-state index contributed by atoms with van der Waals surface area (Å²) >= 11 is 5.98. The lowest BCUT2D eigenvalue weighted by atomic mass is 10.0. The minimum atomic E-state index is -0.508. The molecule has 0 spiro atoms. The summed E-state index contributed by atoms with van der Waals surface area (Å²) in [6, 6.07) is 13.4. The molecule has 0 saturated heterocycles. The third-order valence-corrected chi connectivity index (χ3v) is 3.83. The van der Waals surface area contributed by atoms with Gasteiger partial charge in [0.2, 0.25) is 0 Å². The van der Waals surface area contributed by atoms with E-state index in [-0.39, 0.29) is 11.5 Å². The van der Waals surface area contributed by atoms with Crippen molar-refractivity contribution in [1.29, 1.82) is 0 Å². The standard InChI is InChI=1S/C16H13ClFNO/c17-12-5-3-4-11(10-12)16(8-9-16)19-15(20)13-6-1-2-7-14(13)18/h1-7,10H,8-9H2,(H,19,20).